The summed E-state index contributed by atoms with van der Waals surface area (Å²) in [4.78, 5) is 11.8. The first-order valence-corrected chi connectivity index (χ1v) is 6.18. The third-order valence-electron chi connectivity index (χ3n) is 2.52. The van der Waals surface area contributed by atoms with Crippen LogP contribution < -0.4 is 11.1 Å². The van der Waals surface area contributed by atoms with Gasteiger partial charge in [0, 0.05) is 11.3 Å². The molecule has 0 bridgehead atoms. The average molecular weight is 345 g/mol. The summed E-state index contributed by atoms with van der Waals surface area (Å²) in [5, 5.41) is 2.33. The lowest BCUT2D eigenvalue weighted by atomic mass is 10.1. The standard InChI is InChI=1S/C13H8BrF3N2O/c14-8-2-1-7(5-9(8)15)19-13(20)6-3-10(16)12(18)11(17)4-6/h1-5H,18H2,(H,19,20). The van der Waals surface area contributed by atoms with E-state index >= 15 is 0 Å². The van der Waals surface area contributed by atoms with Crippen LogP contribution in [-0.4, -0.2) is 5.91 Å². The molecule has 1 amide bonds. The summed E-state index contributed by atoms with van der Waals surface area (Å²) in [5.74, 6) is -3.41. The average Bonchev–Trinajstić information content (AvgIpc) is 2.39. The molecular weight excluding hydrogens is 337 g/mol. The summed E-state index contributed by atoms with van der Waals surface area (Å²) in [6.45, 7) is 0. The molecule has 20 heavy (non-hydrogen) atoms. The molecule has 2 aromatic carbocycles. The molecule has 3 nitrogen and oxygen atoms in total. The zero-order valence-electron chi connectivity index (χ0n) is 9.88. The predicted octanol–water partition coefficient (Wildman–Crippen LogP) is 3.70. The van der Waals surface area contributed by atoms with E-state index in [4.69, 9.17) is 5.73 Å². The van der Waals surface area contributed by atoms with E-state index in [9.17, 15) is 18.0 Å². The van der Waals surface area contributed by atoms with Gasteiger partial charge in [-0.1, -0.05) is 0 Å². The van der Waals surface area contributed by atoms with Gasteiger partial charge in [-0.2, -0.15) is 0 Å². The molecule has 2 aromatic rings. The maximum Gasteiger partial charge on any atom is 0.255 e. The minimum absolute atomic E-state index is 0.161. The van der Waals surface area contributed by atoms with Crippen molar-refractivity contribution < 1.29 is 18.0 Å². The van der Waals surface area contributed by atoms with Gasteiger partial charge in [-0.3, -0.25) is 4.79 Å². The van der Waals surface area contributed by atoms with E-state index in [2.05, 4.69) is 21.2 Å². The summed E-state index contributed by atoms with van der Waals surface area (Å²) in [7, 11) is 0. The van der Waals surface area contributed by atoms with Gasteiger partial charge in [0.05, 0.1) is 4.47 Å². The van der Waals surface area contributed by atoms with Gasteiger partial charge in [-0.15, -0.1) is 0 Å². The molecule has 0 fully saturated rings. The van der Waals surface area contributed by atoms with Crippen LogP contribution in [0.3, 0.4) is 0 Å². The fourth-order valence-electron chi connectivity index (χ4n) is 1.49. The van der Waals surface area contributed by atoms with Crippen molar-refractivity contribution >= 4 is 33.2 Å². The fourth-order valence-corrected chi connectivity index (χ4v) is 1.74. The van der Waals surface area contributed by atoms with Gasteiger partial charge in [0.1, 0.15) is 23.1 Å². The predicted molar refractivity (Wildman–Crippen MR) is 72.8 cm³/mol. The fraction of sp³-hybridized carbons (Fsp3) is 0. The van der Waals surface area contributed by atoms with Gasteiger partial charge in [0.25, 0.3) is 5.91 Å². The normalized spacial score (nSPS) is 10.4. The lowest BCUT2D eigenvalue weighted by Gasteiger charge is -2.07. The third kappa shape index (κ3) is 2.93. The number of nitrogen functional groups attached to an aromatic ring is 1. The van der Waals surface area contributed by atoms with Gasteiger partial charge >= 0.3 is 0 Å². The van der Waals surface area contributed by atoms with Crippen molar-refractivity contribution in [2.75, 3.05) is 11.1 Å². The molecular formula is C13H8BrF3N2O. The summed E-state index contributed by atoms with van der Waals surface area (Å²) in [6.07, 6.45) is 0. The van der Waals surface area contributed by atoms with Crippen LogP contribution in [-0.2, 0) is 0 Å². The van der Waals surface area contributed by atoms with Crippen molar-refractivity contribution in [1.29, 1.82) is 0 Å². The highest BCUT2D eigenvalue weighted by Gasteiger charge is 2.13. The Morgan fingerprint density at radius 2 is 1.65 bits per heavy atom. The highest BCUT2D eigenvalue weighted by molar-refractivity contribution is 9.10. The van der Waals surface area contributed by atoms with Gasteiger partial charge in [-0.05, 0) is 46.3 Å². The van der Waals surface area contributed by atoms with Gasteiger partial charge in [-0.25, -0.2) is 13.2 Å². The number of amides is 1. The number of anilines is 2. The van der Waals surface area contributed by atoms with Crippen molar-refractivity contribution in [3.63, 3.8) is 0 Å². The van der Waals surface area contributed by atoms with E-state index in [1.54, 1.807) is 0 Å². The highest BCUT2D eigenvalue weighted by atomic mass is 79.9. The Labute approximate surface area is 120 Å². The molecule has 0 saturated heterocycles. The number of rotatable bonds is 2. The molecule has 0 heterocycles. The molecule has 2 rings (SSSR count). The molecule has 3 N–H and O–H groups in total. The van der Waals surface area contributed by atoms with Gasteiger partial charge in [0.2, 0.25) is 0 Å². The second-order valence-corrected chi connectivity index (χ2v) is 4.79. The summed E-state index contributed by atoms with van der Waals surface area (Å²) >= 11 is 2.97. The van der Waals surface area contributed by atoms with Crippen molar-refractivity contribution in [2.24, 2.45) is 0 Å². The first-order chi connectivity index (χ1) is 9.38. The van der Waals surface area contributed by atoms with Crippen molar-refractivity contribution in [2.45, 2.75) is 0 Å². The zero-order chi connectivity index (χ0) is 14.9. The van der Waals surface area contributed by atoms with Crippen LogP contribution in [0.2, 0.25) is 0 Å². The van der Waals surface area contributed by atoms with Crippen molar-refractivity contribution in [1.82, 2.24) is 0 Å². The van der Waals surface area contributed by atoms with Crippen LogP contribution in [0, 0.1) is 17.5 Å². The first-order valence-electron chi connectivity index (χ1n) is 5.39. The number of hydrogen-bond acceptors (Lipinski definition) is 2. The van der Waals surface area contributed by atoms with E-state index in [0.29, 0.717) is 0 Å². The third-order valence-corrected chi connectivity index (χ3v) is 3.16. The molecule has 104 valence electrons. The first kappa shape index (κ1) is 14.4. The Balaban J connectivity index is 2.26. The Bertz CT molecular complexity index is 668. The second kappa shape index (κ2) is 5.54. The number of nitrogens with one attached hydrogen (secondary N) is 1. The number of carbonyl (C=O) groups is 1. The summed E-state index contributed by atoms with van der Waals surface area (Å²) in [6, 6.07) is 5.53. The molecule has 0 aliphatic heterocycles. The Morgan fingerprint density at radius 3 is 2.20 bits per heavy atom. The lowest BCUT2D eigenvalue weighted by Crippen LogP contribution is -2.13. The van der Waals surface area contributed by atoms with Crippen molar-refractivity contribution in [3.8, 4) is 0 Å². The Hall–Kier alpha value is -2.02. The van der Waals surface area contributed by atoms with E-state index < -0.39 is 29.0 Å². The SMILES string of the molecule is Nc1c(F)cc(C(=O)Nc2ccc(Br)c(F)c2)cc1F. The number of halogens is 4. The highest BCUT2D eigenvalue weighted by Crippen LogP contribution is 2.21. The summed E-state index contributed by atoms with van der Waals surface area (Å²) < 4.78 is 40.0. The van der Waals surface area contributed by atoms with Crippen LogP contribution in [0.15, 0.2) is 34.8 Å². The zero-order valence-corrected chi connectivity index (χ0v) is 11.5. The monoisotopic (exact) mass is 344 g/mol. The number of benzene rings is 2. The minimum Gasteiger partial charge on any atom is -0.394 e. The quantitative estimate of drug-likeness (QED) is 0.816. The number of nitrogens with two attached hydrogens (primary N) is 1. The topological polar surface area (TPSA) is 55.1 Å². The molecule has 0 aromatic heterocycles. The van der Waals surface area contributed by atoms with Crippen LogP contribution in [0.1, 0.15) is 10.4 Å². The van der Waals surface area contributed by atoms with Crippen LogP contribution >= 0.6 is 15.9 Å². The maximum atomic E-state index is 13.3. The molecule has 7 heteroatoms. The van der Waals surface area contributed by atoms with Crippen LogP contribution in [0.5, 0.6) is 0 Å². The number of hydrogen-bond donors (Lipinski definition) is 2. The van der Waals surface area contributed by atoms with Gasteiger partial charge in [0.15, 0.2) is 0 Å². The molecule has 0 aliphatic carbocycles. The van der Waals surface area contributed by atoms with E-state index in [1.165, 1.54) is 12.1 Å². The Morgan fingerprint density at radius 1 is 1.05 bits per heavy atom. The van der Waals surface area contributed by atoms with Crippen LogP contribution in [0.25, 0.3) is 0 Å². The molecule has 0 aliphatic rings. The van der Waals surface area contributed by atoms with Crippen molar-refractivity contribution in [3.05, 3.63) is 57.8 Å². The largest absolute Gasteiger partial charge is 0.394 e. The molecule has 0 spiro atoms. The smallest absolute Gasteiger partial charge is 0.255 e. The number of carbonyl (C=O) groups excluding carboxylic acids is 1. The Kier molecular flexibility index (Phi) is 3.99. The minimum atomic E-state index is -1.03. The van der Waals surface area contributed by atoms with Crippen LogP contribution in [0.4, 0.5) is 24.5 Å². The molecule has 0 unspecified atom stereocenters. The molecule has 0 saturated carbocycles. The second-order valence-electron chi connectivity index (χ2n) is 3.94. The molecule has 0 radical (unpaired) electrons. The maximum absolute atomic E-state index is 13.3. The van der Waals surface area contributed by atoms with E-state index in [0.717, 1.165) is 18.2 Å². The van der Waals surface area contributed by atoms with Gasteiger partial charge < -0.3 is 11.1 Å². The summed E-state index contributed by atoms with van der Waals surface area (Å²) in [5.41, 5.74) is 4.36. The molecule has 0 atom stereocenters. The van der Waals surface area contributed by atoms with E-state index in [-0.39, 0.29) is 15.7 Å². The lowest BCUT2D eigenvalue weighted by molar-refractivity contribution is 0.102. The van der Waals surface area contributed by atoms with E-state index in [1.807, 2.05) is 0 Å².